The van der Waals surface area contributed by atoms with E-state index in [0.29, 0.717) is 23.7 Å². The summed E-state index contributed by atoms with van der Waals surface area (Å²) >= 11 is 0. The lowest BCUT2D eigenvalue weighted by Gasteiger charge is -2.11. The van der Waals surface area contributed by atoms with Crippen LogP contribution in [0.2, 0.25) is 0 Å². The van der Waals surface area contributed by atoms with Gasteiger partial charge in [0.05, 0.1) is 22.9 Å². The van der Waals surface area contributed by atoms with Crippen molar-refractivity contribution in [2.45, 2.75) is 18.9 Å². The van der Waals surface area contributed by atoms with Gasteiger partial charge in [-0.05, 0) is 31.0 Å². The lowest BCUT2D eigenvalue weighted by atomic mass is 10.1. The summed E-state index contributed by atoms with van der Waals surface area (Å²) in [6.07, 6.45) is 3.57. The van der Waals surface area contributed by atoms with Gasteiger partial charge in [0.1, 0.15) is 6.61 Å². The predicted molar refractivity (Wildman–Crippen MR) is 91.6 cm³/mol. The lowest BCUT2D eigenvalue weighted by molar-refractivity contribution is 0.0663. The highest BCUT2D eigenvalue weighted by atomic mass is 16.5. The SMILES string of the molecule is NC(=O)c1ccccc1NC(=O)c1ccc(OC[C@@H]2CCCO2)nc1. The van der Waals surface area contributed by atoms with Crippen molar-refractivity contribution in [2.75, 3.05) is 18.5 Å². The second-order valence-electron chi connectivity index (χ2n) is 5.70. The molecule has 7 nitrogen and oxygen atoms in total. The Morgan fingerprint density at radius 3 is 2.80 bits per heavy atom. The van der Waals surface area contributed by atoms with Crippen molar-refractivity contribution in [1.82, 2.24) is 4.98 Å². The first kappa shape index (κ1) is 16.9. The van der Waals surface area contributed by atoms with Crippen LogP contribution in [0.4, 0.5) is 5.69 Å². The van der Waals surface area contributed by atoms with Crippen LogP contribution in [0, 0.1) is 0 Å². The summed E-state index contributed by atoms with van der Waals surface area (Å²) in [5.41, 5.74) is 6.27. The molecule has 1 fully saturated rings. The zero-order chi connectivity index (χ0) is 17.6. The molecular formula is C18H19N3O4. The minimum atomic E-state index is -0.605. The predicted octanol–water partition coefficient (Wildman–Crippen LogP) is 1.99. The van der Waals surface area contributed by atoms with Crippen LogP contribution in [0.15, 0.2) is 42.6 Å². The van der Waals surface area contributed by atoms with Crippen LogP contribution in [0.3, 0.4) is 0 Å². The fourth-order valence-corrected chi connectivity index (χ4v) is 2.56. The van der Waals surface area contributed by atoms with E-state index in [1.807, 2.05) is 0 Å². The zero-order valence-corrected chi connectivity index (χ0v) is 13.6. The second kappa shape index (κ2) is 7.76. The molecule has 3 N–H and O–H groups in total. The number of pyridine rings is 1. The van der Waals surface area contributed by atoms with Gasteiger partial charge in [0.2, 0.25) is 5.88 Å². The number of para-hydroxylation sites is 1. The smallest absolute Gasteiger partial charge is 0.257 e. The van der Waals surface area contributed by atoms with Crippen LogP contribution in [-0.4, -0.2) is 36.1 Å². The van der Waals surface area contributed by atoms with Gasteiger partial charge in [-0.2, -0.15) is 0 Å². The molecule has 1 aromatic carbocycles. The van der Waals surface area contributed by atoms with Crippen molar-refractivity contribution in [3.8, 4) is 5.88 Å². The van der Waals surface area contributed by atoms with Crippen LogP contribution in [-0.2, 0) is 4.74 Å². The Hall–Kier alpha value is -2.93. The molecule has 0 bridgehead atoms. The molecule has 0 aliphatic carbocycles. The molecule has 7 heteroatoms. The lowest BCUT2D eigenvalue weighted by Crippen LogP contribution is -2.18. The molecule has 0 radical (unpaired) electrons. The molecule has 1 aromatic heterocycles. The first-order valence-electron chi connectivity index (χ1n) is 8.04. The molecule has 2 amide bonds. The van der Waals surface area contributed by atoms with E-state index < -0.39 is 5.91 Å². The molecule has 1 atom stereocenters. The number of nitrogens with one attached hydrogen (secondary N) is 1. The van der Waals surface area contributed by atoms with Crippen molar-refractivity contribution < 1.29 is 19.1 Å². The Morgan fingerprint density at radius 2 is 2.12 bits per heavy atom. The van der Waals surface area contributed by atoms with Crippen LogP contribution in [0.5, 0.6) is 5.88 Å². The Balaban J connectivity index is 1.62. The van der Waals surface area contributed by atoms with Gasteiger partial charge in [0.15, 0.2) is 0 Å². The third kappa shape index (κ3) is 4.33. The van der Waals surface area contributed by atoms with E-state index in [9.17, 15) is 9.59 Å². The first-order valence-corrected chi connectivity index (χ1v) is 8.04. The maximum Gasteiger partial charge on any atom is 0.257 e. The van der Waals surface area contributed by atoms with Gasteiger partial charge in [0, 0.05) is 18.9 Å². The number of benzene rings is 1. The maximum atomic E-state index is 12.3. The van der Waals surface area contributed by atoms with Gasteiger partial charge in [-0.3, -0.25) is 9.59 Å². The average Bonchev–Trinajstić information content (AvgIpc) is 3.14. The molecule has 2 aromatic rings. The number of nitrogens with zero attached hydrogens (tertiary/aromatic N) is 1. The molecule has 25 heavy (non-hydrogen) atoms. The van der Waals surface area contributed by atoms with Crippen molar-refractivity contribution in [1.29, 1.82) is 0 Å². The number of primary amides is 1. The van der Waals surface area contributed by atoms with Crippen molar-refractivity contribution in [2.24, 2.45) is 5.73 Å². The third-order valence-electron chi connectivity index (χ3n) is 3.88. The van der Waals surface area contributed by atoms with Crippen LogP contribution < -0.4 is 15.8 Å². The topological polar surface area (TPSA) is 104 Å². The van der Waals surface area contributed by atoms with Crippen molar-refractivity contribution in [3.63, 3.8) is 0 Å². The van der Waals surface area contributed by atoms with Gasteiger partial charge in [0.25, 0.3) is 11.8 Å². The highest BCUT2D eigenvalue weighted by molar-refractivity contribution is 6.08. The van der Waals surface area contributed by atoms with E-state index in [-0.39, 0.29) is 17.6 Å². The summed E-state index contributed by atoms with van der Waals surface area (Å²) in [7, 11) is 0. The highest BCUT2D eigenvalue weighted by Crippen LogP contribution is 2.17. The number of hydrogen-bond donors (Lipinski definition) is 2. The van der Waals surface area contributed by atoms with Gasteiger partial charge in [-0.1, -0.05) is 12.1 Å². The normalized spacial score (nSPS) is 16.4. The van der Waals surface area contributed by atoms with Crippen LogP contribution >= 0.6 is 0 Å². The molecule has 1 aliphatic rings. The van der Waals surface area contributed by atoms with Gasteiger partial charge >= 0.3 is 0 Å². The van der Waals surface area contributed by atoms with Crippen molar-refractivity contribution >= 4 is 17.5 Å². The summed E-state index contributed by atoms with van der Waals surface area (Å²) in [5.74, 6) is -0.552. The number of nitrogens with two attached hydrogens (primary N) is 1. The minimum absolute atomic E-state index is 0.107. The van der Waals surface area contributed by atoms with Crippen molar-refractivity contribution in [3.05, 3.63) is 53.7 Å². The summed E-state index contributed by atoms with van der Waals surface area (Å²) < 4.78 is 11.0. The third-order valence-corrected chi connectivity index (χ3v) is 3.88. The van der Waals surface area contributed by atoms with Gasteiger partial charge in [-0.15, -0.1) is 0 Å². The number of rotatable bonds is 6. The van der Waals surface area contributed by atoms with E-state index in [4.69, 9.17) is 15.2 Å². The van der Waals surface area contributed by atoms with E-state index >= 15 is 0 Å². The first-order chi connectivity index (χ1) is 12.1. The molecule has 1 saturated heterocycles. The zero-order valence-electron chi connectivity index (χ0n) is 13.6. The Labute approximate surface area is 145 Å². The molecule has 1 aliphatic heterocycles. The average molecular weight is 341 g/mol. The molecule has 3 rings (SSSR count). The fraction of sp³-hybridized carbons (Fsp3) is 0.278. The summed E-state index contributed by atoms with van der Waals surface area (Å²) in [4.78, 5) is 27.8. The quantitative estimate of drug-likeness (QED) is 0.836. The standard InChI is InChI=1S/C18H19N3O4/c19-17(22)14-5-1-2-6-15(14)21-18(23)12-7-8-16(20-10-12)25-11-13-4-3-9-24-13/h1-2,5-8,10,13H,3-4,9,11H2,(H2,19,22)(H,21,23)/t13-/m0/s1. The summed E-state index contributed by atoms with van der Waals surface area (Å²) in [6.45, 7) is 1.22. The molecule has 130 valence electrons. The van der Waals surface area contributed by atoms with E-state index in [1.54, 1.807) is 36.4 Å². The Kier molecular flexibility index (Phi) is 5.25. The second-order valence-corrected chi connectivity index (χ2v) is 5.70. The Morgan fingerprint density at radius 1 is 1.28 bits per heavy atom. The van der Waals surface area contributed by atoms with E-state index in [2.05, 4.69) is 10.3 Å². The summed E-state index contributed by atoms with van der Waals surface area (Å²) in [5, 5.41) is 2.66. The molecule has 0 unspecified atom stereocenters. The fourth-order valence-electron chi connectivity index (χ4n) is 2.56. The van der Waals surface area contributed by atoms with Crippen LogP contribution in [0.25, 0.3) is 0 Å². The number of ether oxygens (including phenoxy) is 2. The number of aromatic nitrogens is 1. The molecule has 2 heterocycles. The maximum absolute atomic E-state index is 12.3. The number of carbonyl (C=O) groups is 2. The number of anilines is 1. The Bertz CT molecular complexity index is 755. The molecule has 0 saturated carbocycles. The minimum Gasteiger partial charge on any atom is -0.475 e. The highest BCUT2D eigenvalue weighted by Gasteiger charge is 2.16. The number of hydrogen-bond acceptors (Lipinski definition) is 5. The molecule has 0 spiro atoms. The van der Waals surface area contributed by atoms with Crippen LogP contribution in [0.1, 0.15) is 33.6 Å². The van der Waals surface area contributed by atoms with Gasteiger partial charge < -0.3 is 20.5 Å². The van der Waals surface area contributed by atoms with E-state index in [1.165, 1.54) is 6.20 Å². The van der Waals surface area contributed by atoms with Gasteiger partial charge in [-0.25, -0.2) is 4.98 Å². The monoisotopic (exact) mass is 341 g/mol. The summed E-state index contributed by atoms with van der Waals surface area (Å²) in [6, 6.07) is 9.80. The number of carbonyl (C=O) groups excluding carboxylic acids is 2. The largest absolute Gasteiger partial charge is 0.475 e. The molecular weight excluding hydrogens is 322 g/mol. The number of amides is 2. The van der Waals surface area contributed by atoms with E-state index in [0.717, 1.165) is 19.4 Å².